The molecule has 0 aliphatic carbocycles. The average molecular weight is 506 g/mol. The molecule has 0 unspecified atom stereocenters. The van der Waals surface area contributed by atoms with Crippen LogP contribution in [0.1, 0.15) is 39.2 Å². The molecular formula is C24H35N5O7. The Labute approximate surface area is 210 Å². The van der Waals surface area contributed by atoms with Crippen molar-refractivity contribution in [3.8, 4) is 0 Å². The molecule has 0 spiro atoms. The van der Waals surface area contributed by atoms with E-state index < -0.39 is 60.1 Å². The van der Waals surface area contributed by atoms with Crippen molar-refractivity contribution in [3.05, 3.63) is 35.9 Å². The number of nitrogens with zero attached hydrogens (tertiary/aromatic N) is 1. The van der Waals surface area contributed by atoms with Gasteiger partial charge in [0, 0.05) is 20.4 Å². The van der Waals surface area contributed by atoms with E-state index in [1.54, 1.807) is 30.3 Å². The molecule has 0 bridgehead atoms. The van der Waals surface area contributed by atoms with Crippen molar-refractivity contribution in [1.29, 1.82) is 0 Å². The minimum Gasteiger partial charge on any atom is -0.481 e. The molecule has 12 nitrogen and oxygen atoms in total. The summed E-state index contributed by atoms with van der Waals surface area (Å²) in [6.07, 6.45) is -0.458. The first-order valence-electron chi connectivity index (χ1n) is 11.5. The lowest BCUT2D eigenvalue weighted by Crippen LogP contribution is -2.58. The highest BCUT2D eigenvalue weighted by molar-refractivity contribution is 5.96. The van der Waals surface area contributed by atoms with Crippen LogP contribution in [0.3, 0.4) is 0 Å². The van der Waals surface area contributed by atoms with Crippen LogP contribution in [0.2, 0.25) is 0 Å². The molecule has 12 heteroatoms. The Morgan fingerprint density at radius 1 is 1.00 bits per heavy atom. The largest absolute Gasteiger partial charge is 0.481 e. The number of nitrogens with two attached hydrogens (primary N) is 1. The van der Waals surface area contributed by atoms with Crippen LogP contribution in [0.4, 0.5) is 0 Å². The van der Waals surface area contributed by atoms with Crippen LogP contribution >= 0.6 is 0 Å². The minimum absolute atomic E-state index is 0.0387. The lowest BCUT2D eigenvalue weighted by atomic mass is 10.0. The van der Waals surface area contributed by atoms with Gasteiger partial charge in [0.2, 0.25) is 29.5 Å². The van der Waals surface area contributed by atoms with Gasteiger partial charge in [-0.25, -0.2) is 0 Å². The predicted octanol–water partition coefficient (Wildman–Crippen LogP) is -0.832. The maximum absolute atomic E-state index is 13.2. The zero-order chi connectivity index (χ0) is 27.4. The van der Waals surface area contributed by atoms with Crippen molar-refractivity contribution < 1.29 is 33.9 Å². The lowest BCUT2D eigenvalue weighted by Gasteiger charge is -2.30. The third-order valence-corrected chi connectivity index (χ3v) is 5.27. The second-order valence-electron chi connectivity index (χ2n) is 8.88. The van der Waals surface area contributed by atoms with Crippen molar-refractivity contribution in [1.82, 2.24) is 20.9 Å². The number of amides is 5. The quantitative estimate of drug-likeness (QED) is 0.218. The van der Waals surface area contributed by atoms with Crippen LogP contribution in [-0.4, -0.2) is 77.2 Å². The highest BCUT2D eigenvalue weighted by Gasteiger charge is 2.34. The second kappa shape index (κ2) is 14.4. The van der Waals surface area contributed by atoms with Gasteiger partial charge < -0.3 is 31.7 Å². The van der Waals surface area contributed by atoms with Gasteiger partial charge in [-0.2, -0.15) is 0 Å². The van der Waals surface area contributed by atoms with E-state index in [0.717, 1.165) is 10.5 Å². The smallest absolute Gasteiger partial charge is 0.305 e. The standard InChI is InChI=1S/C24H35N5O7/c1-14(2)10-17(27-20(31)13-26-15(3)30)23(35)28-18(12-21(32)33)24(36)29(4)19(22(25)34)11-16-8-6-5-7-9-16/h5-9,14,17-19H,10-13H2,1-4H3,(H2,25,34)(H,26,30)(H,27,31)(H,28,35)(H,32,33)/t17-,18-,19-/m0/s1. The molecule has 0 fully saturated rings. The molecule has 5 amide bonds. The van der Waals surface area contributed by atoms with E-state index in [-0.39, 0.29) is 25.3 Å². The van der Waals surface area contributed by atoms with Gasteiger partial charge in [-0.05, 0) is 17.9 Å². The molecule has 0 aliphatic rings. The molecule has 198 valence electrons. The number of carboxylic acid groups (broad SMARTS) is 1. The van der Waals surface area contributed by atoms with Crippen LogP contribution in [0.5, 0.6) is 0 Å². The summed E-state index contributed by atoms with van der Waals surface area (Å²) in [5.74, 6) is -4.83. The van der Waals surface area contributed by atoms with Gasteiger partial charge in [-0.15, -0.1) is 0 Å². The zero-order valence-corrected chi connectivity index (χ0v) is 20.9. The maximum Gasteiger partial charge on any atom is 0.305 e. The number of hydrogen-bond donors (Lipinski definition) is 5. The van der Waals surface area contributed by atoms with Gasteiger partial charge in [0.25, 0.3) is 0 Å². The maximum atomic E-state index is 13.2. The molecule has 3 atom stereocenters. The van der Waals surface area contributed by atoms with Gasteiger partial charge >= 0.3 is 5.97 Å². The number of likely N-dealkylation sites (N-methyl/N-ethyl adjacent to an activating group) is 1. The summed E-state index contributed by atoms with van der Waals surface area (Å²) in [6, 6.07) is 5.14. The summed E-state index contributed by atoms with van der Waals surface area (Å²) in [7, 11) is 1.31. The van der Waals surface area contributed by atoms with Crippen molar-refractivity contribution in [2.75, 3.05) is 13.6 Å². The first kappa shape index (κ1) is 30.1. The number of hydrogen-bond acceptors (Lipinski definition) is 6. The number of aliphatic carboxylic acids is 1. The van der Waals surface area contributed by atoms with E-state index in [0.29, 0.717) is 0 Å². The van der Waals surface area contributed by atoms with Gasteiger partial charge in [-0.3, -0.25) is 28.8 Å². The van der Waals surface area contributed by atoms with E-state index in [9.17, 15) is 33.9 Å². The number of carbonyl (C=O) groups excluding carboxylic acids is 5. The number of nitrogens with one attached hydrogen (secondary N) is 3. The van der Waals surface area contributed by atoms with Gasteiger partial charge in [0.15, 0.2) is 0 Å². The molecule has 0 aliphatic heterocycles. The van der Waals surface area contributed by atoms with Crippen molar-refractivity contribution in [2.24, 2.45) is 11.7 Å². The van der Waals surface area contributed by atoms with Gasteiger partial charge in [0.1, 0.15) is 18.1 Å². The Hall–Kier alpha value is -3.96. The Morgan fingerprint density at radius 3 is 2.11 bits per heavy atom. The average Bonchev–Trinajstić information content (AvgIpc) is 2.79. The Bertz CT molecular complexity index is 951. The molecule has 0 heterocycles. The van der Waals surface area contributed by atoms with E-state index in [4.69, 9.17) is 5.73 Å². The molecule has 6 N–H and O–H groups in total. The van der Waals surface area contributed by atoms with Gasteiger partial charge in [-0.1, -0.05) is 44.2 Å². The summed E-state index contributed by atoms with van der Waals surface area (Å²) < 4.78 is 0. The first-order chi connectivity index (χ1) is 16.8. The Morgan fingerprint density at radius 2 is 1.61 bits per heavy atom. The summed E-state index contributed by atoms with van der Waals surface area (Å²) in [4.78, 5) is 74.0. The molecule has 1 aromatic carbocycles. The summed E-state index contributed by atoms with van der Waals surface area (Å²) >= 11 is 0. The monoisotopic (exact) mass is 505 g/mol. The lowest BCUT2D eigenvalue weighted by molar-refractivity contribution is -0.145. The minimum atomic E-state index is -1.51. The zero-order valence-electron chi connectivity index (χ0n) is 20.9. The normalized spacial score (nSPS) is 13.1. The molecule has 36 heavy (non-hydrogen) atoms. The summed E-state index contributed by atoms with van der Waals surface area (Å²) in [5.41, 5.74) is 6.25. The molecular weight excluding hydrogens is 470 g/mol. The molecule has 1 rings (SSSR count). The van der Waals surface area contributed by atoms with Crippen molar-refractivity contribution in [3.63, 3.8) is 0 Å². The number of rotatable bonds is 14. The fourth-order valence-corrected chi connectivity index (χ4v) is 3.47. The fraction of sp³-hybridized carbons (Fsp3) is 0.500. The molecule has 0 saturated heterocycles. The number of carboxylic acids is 1. The topological polar surface area (TPSA) is 188 Å². The third-order valence-electron chi connectivity index (χ3n) is 5.27. The van der Waals surface area contributed by atoms with Gasteiger partial charge in [0.05, 0.1) is 13.0 Å². The van der Waals surface area contributed by atoms with Crippen LogP contribution < -0.4 is 21.7 Å². The highest BCUT2D eigenvalue weighted by Crippen LogP contribution is 2.12. The SMILES string of the molecule is CC(=O)NCC(=O)N[C@@H](CC(C)C)C(=O)N[C@@H](CC(=O)O)C(=O)N(C)[C@@H](Cc1ccccc1)C(N)=O. The number of primary amides is 1. The molecule has 0 saturated carbocycles. The molecule has 1 aromatic rings. The van der Waals surface area contributed by atoms with E-state index in [2.05, 4.69) is 16.0 Å². The van der Waals surface area contributed by atoms with Crippen LogP contribution in [-0.2, 0) is 35.2 Å². The van der Waals surface area contributed by atoms with E-state index >= 15 is 0 Å². The first-order valence-corrected chi connectivity index (χ1v) is 11.5. The summed E-state index contributed by atoms with van der Waals surface area (Å²) in [5, 5.41) is 16.5. The molecule has 0 aromatic heterocycles. The Balaban J connectivity index is 3.07. The predicted molar refractivity (Wildman–Crippen MR) is 130 cm³/mol. The van der Waals surface area contributed by atoms with E-state index in [1.165, 1.54) is 14.0 Å². The van der Waals surface area contributed by atoms with Crippen LogP contribution in [0.15, 0.2) is 30.3 Å². The summed E-state index contributed by atoms with van der Waals surface area (Å²) in [6.45, 7) is 4.52. The molecule has 0 radical (unpaired) electrons. The fourth-order valence-electron chi connectivity index (χ4n) is 3.47. The van der Waals surface area contributed by atoms with Crippen molar-refractivity contribution in [2.45, 2.75) is 58.2 Å². The third kappa shape index (κ3) is 10.5. The number of carbonyl (C=O) groups is 6. The van der Waals surface area contributed by atoms with Crippen LogP contribution in [0.25, 0.3) is 0 Å². The van der Waals surface area contributed by atoms with Crippen LogP contribution in [0, 0.1) is 5.92 Å². The second-order valence-corrected chi connectivity index (χ2v) is 8.88. The van der Waals surface area contributed by atoms with Crippen molar-refractivity contribution >= 4 is 35.5 Å². The number of benzene rings is 1. The highest BCUT2D eigenvalue weighted by atomic mass is 16.4. The Kier molecular flexibility index (Phi) is 12.1. The van der Waals surface area contributed by atoms with E-state index in [1.807, 2.05) is 13.8 Å².